The lowest BCUT2D eigenvalue weighted by Crippen LogP contribution is -1.99. The van der Waals surface area contributed by atoms with E-state index in [4.69, 9.17) is 16.7 Å². The van der Waals surface area contributed by atoms with E-state index in [0.717, 1.165) is 0 Å². The van der Waals surface area contributed by atoms with Gasteiger partial charge >= 0.3 is 0 Å². The van der Waals surface area contributed by atoms with Crippen molar-refractivity contribution < 1.29 is 4.79 Å². The molecule has 0 fully saturated rings. The molecule has 4 nitrogen and oxygen atoms in total. The van der Waals surface area contributed by atoms with Crippen LogP contribution in [0.4, 0.5) is 11.4 Å². The molecule has 0 saturated carbocycles. The molecule has 1 aromatic rings. The Bertz CT molecular complexity index is 365. The first-order valence-corrected chi connectivity index (χ1v) is 3.24. The van der Waals surface area contributed by atoms with E-state index in [9.17, 15) is 4.79 Å². The van der Waals surface area contributed by atoms with Crippen LogP contribution in [0.1, 0.15) is 10.4 Å². The minimum atomic E-state index is -0.610. The van der Waals surface area contributed by atoms with Crippen molar-refractivity contribution in [3.63, 3.8) is 0 Å². The molecule has 0 aliphatic heterocycles. The highest BCUT2D eigenvalue weighted by molar-refractivity contribution is 6.08. The topological polar surface area (TPSA) is 92.9 Å². The van der Waals surface area contributed by atoms with Gasteiger partial charge in [0.05, 0.1) is 11.4 Å². The number of carbonyl (C=O) groups excluding carboxylic acids is 1. The van der Waals surface area contributed by atoms with Gasteiger partial charge in [-0.05, 0) is 18.2 Å². The average molecular weight is 161 g/mol. The zero-order chi connectivity index (χ0) is 9.14. The third-order valence-corrected chi connectivity index (χ3v) is 1.45. The molecule has 60 valence electrons. The van der Waals surface area contributed by atoms with Crippen LogP contribution in [0.15, 0.2) is 18.2 Å². The Labute approximate surface area is 69.4 Å². The predicted molar refractivity (Wildman–Crippen MR) is 45.2 cm³/mol. The Morgan fingerprint density at radius 1 is 1.33 bits per heavy atom. The SMILES string of the molecule is N#CC(=O)c1ccc(N)c(N)c1. The number of nitrogen functional groups attached to an aromatic ring is 2. The molecule has 0 aliphatic carbocycles. The summed E-state index contributed by atoms with van der Waals surface area (Å²) < 4.78 is 0. The molecule has 0 spiro atoms. The van der Waals surface area contributed by atoms with Gasteiger partial charge in [0.1, 0.15) is 6.07 Å². The van der Waals surface area contributed by atoms with Crippen LogP contribution in [-0.2, 0) is 0 Å². The third-order valence-electron chi connectivity index (χ3n) is 1.45. The molecule has 4 N–H and O–H groups in total. The second-order valence-electron chi connectivity index (χ2n) is 2.28. The van der Waals surface area contributed by atoms with Gasteiger partial charge < -0.3 is 11.5 Å². The van der Waals surface area contributed by atoms with E-state index in [0.29, 0.717) is 11.4 Å². The maximum absolute atomic E-state index is 10.8. The van der Waals surface area contributed by atoms with Gasteiger partial charge in [0.25, 0.3) is 5.78 Å². The lowest BCUT2D eigenvalue weighted by atomic mass is 10.1. The number of Topliss-reactive ketones (excluding diaryl/α,β-unsaturated/α-hetero) is 1. The minimum absolute atomic E-state index is 0.268. The van der Waals surface area contributed by atoms with Gasteiger partial charge in [-0.2, -0.15) is 5.26 Å². The highest BCUT2D eigenvalue weighted by atomic mass is 16.1. The summed E-state index contributed by atoms with van der Waals surface area (Å²) in [6, 6.07) is 5.85. The van der Waals surface area contributed by atoms with Gasteiger partial charge in [-0.15, -0.1) is 0 Å². The van der Waals surface area contributed by atoms with Crippen LogP contribution in [0.2, 0.25) is 0 Å². The Kier molecular flexibility index (Phi) is 1.97. The monoisotopic (exact) mass is 161 g/mol. The van der Waals surface area contributed by atoms with Crippen molar-refractivity contribution in [1.29, 1.82) is 5.26 Å². The standard InChI is InChI=1S/C8H7N3O/c9-4-8(12)5-1-2-6(10)7(11)3-5/h1-3H,10-11H2. The Morgan fingerprint density at radius 3 is 2.50 bits per heavy atom. The lowest BCUT2D eigenvalue weighted by molar-refractivity contribution is 0.105. The molecule has 1 aromatic carbocycles. The summed E-state index contributed by atoms with van der Waals surface area (Å²) in [4.78, 5) is 10.8. The molecule has 0 aliphatic rings. The second-order valence-corrected chi connectivity index (χ2v) is 2.28. The second kappa shape index (κ2) is 2.93. The number of anilines is 2. The molecule has 0 aromatic heterocycles. The Hall–Kier alpha value is -2.02. The van der Waals surface area contributed by atoms with Crippen molar-refractivity contribution in [3.8, 4) is 6.07 Å². The fraction of sp³-hybridized carbons (Fsp3) is 0. The van der Waals surface area contributed by atoms with Gasteiger partial charge in [-0.3, -0.25) is 4.79 Å². The zero-order valence-electron chi connectivity index (χ0n) is 6.24. The summed E-state index contributed by atoms with van der Waals surface area (Å²) in [5.41, 5.74) is 11.8. The highest BCUT2D eigenvalue weighted by Crippen LogP contribution is 2.15. The predicted octanol–water partition coefficient (Wildman–Crippen LogP) is 0.557. The van der Waals surface area contributed by atoms with Crippen LogP contribution in [-0.4, -0.2) is 5.78 Å². The van der Waals surface area contributed by atoms with Crippen molar-refractivity contribution in [2.24, 2.45) is 0 Å². The number of ketones is 1. The first-order valence-electron chi connectivity index (χ1n) is 3.24. The molecule has 0 radical (unpaired) electrons. The number of nitrogens with two attached hydrogens (primary N) is 2. The van der Waals surface area contributed by atoms with Gasteiger partial charge in [-0.25, -0.2) is 0 Å². The van der Waals surface area contributed by atoms with Crippen LogP contribution in [0.25, 0.3) is 0 Å². The van der Waals surface area contributed by atoms with Crippen LogP contribution in [0.3, 0.4) is 0 Å². The molecule has 0 amide bonds. The number of carbonyl (C=O) groups is 1. The number of rotatable bonds is 1. The summed E-state index contributed by atoms with van der Waals surface area (Å²) in [6.07, 6.45) is 0. The normalized spacial score (nSPS) is 8.92. The number of benzene rings is 1. The van der Waals surface area contributed by atoms with Crippen molar-refractivity contribution in [1.82, 2.24) is 0 Å². The van der Waals surface area contributed by atoms with Crippen molar-refractivity contribution in [2.75, 3.05) is 11.5 Å². The molecule has 0 bridgehead atoms. The summed E-state index contributed by atoms with van der Waals surface area (Å²) in [5.74, 6) is -0.610. The largest absolute Gasteiger partial charge is 0.397 e. The number of hydrogen-bond donors (Lipinski definition) is 2. The van der Waals surface area contributed by atoms with E-state index in [1.54, 1.807) is 0 Å². The Morgan fingerprint density at radius 2 is 2.00 bits per heavy atom. The first kappa shape index (κ1) is 8.08. The summed E-state index contributed by atoms with van der Waals surface area (Å²) in [7, 11) is 0. The summed E-state index contributed by atoms with van der Waals surface area (Å²) >= 11 is 0. The average Bonchev–Trinajstić information content (AvgIpc) is 2.08. The molecule has 0 saturated heterocycles. The highest BCUT2D eigenvalue weighted by Gasteiger charge is 2.04. The van der Waals surface area contributed by atoms with Crippen LogP contribution in [0.5, 0.6) is 0 Å². The summed E-state index contributed by atoms with van der Waals surface area (Å²) in [6.45, 7) is 0. The maximum Gasteiger partial charge on any atom is 0.262 e. The van der Waals surface area contributed by atoms with Gasteiger partial charge in [0.2, 0.25) is 0 Å². The molecule has 0 unspecified atom stereocenters. The van der Waals surface area contributed by atoms with Crippen molar-refractivity contribution >= 4 is 17.2 Å². The quantitative estimate of drug-likeness (QED) is 0.357. The first-order chi connectivity index (χ1) is 5.65. The zero-order valence-corrected chi connectivity index (χ0v) is 6.24. The maximum atomic E-state index is 10.8. The lowest BCUT2D eigenvalue weighted by Gasteiger charge is -1.99. The molecule has 0 atom stereocenters. The fourth-order valence-electron chi connectivity index (χ4n) is 0.781. The van der Waals surface area contributed by atoms with Crippen molar-refractivity contribution in [3.05, 3.63) is 23.8 Å². The van der Waals surface area contributed by atoms with Crippen LogP contribution in [0, 0.1) is 11.3 Å². The van der Waals surface area contributed by atoms with Gasteiger partial charge in [0.15, 0.2) is 0 Å². The number of nitrogens with zero attached hydrogens (tertiary/aromatic N) is 1. The summed E-state index contributed by atoms with van der Waals surface area (Å²) in [5, 5.41) is 8.28. The molecular formula is C8H7N3O. The molecule has 4 heteroatoms. The number of nitriles is 1. The van der Waals surface area contributed by atoms with E-state index in [1.165, 1.54) is 24.3 Å². The van der Waals surface area contributed by atoms with Crippen molar-refractivity contribution in [2.45, 2.75) is 0 Å². The van der Waals surface area contributed by atoms with E-state index >= 15 is 0 Å². The van der Waals surface area contributed by atoms with E-state index in [2.05, 4.69) is 0 Å². The van der Waals surface area contributed by atoms with Crippen LogP contribution >= 0.6 is 0 Å². The molecular weight excluding hydrogens is 154 g/mol. The van der Waals surface area contributed by atoms with Gasteiger partial charge in [0, 0.05) is 5.56 Å². The van der Waals surface area contributed by atoms with Crippen LogP contribution < -0.4 is 11.5 Å². The molecule has 1 rings (SSSR count). The fourth-order valence-corrected chi connectivity index (χ4v) is 0.781. The van der Waals surface area contributed by atoms with E-state index < -0.39 is 5.78 Å². The number of hydrogen-bond acceptors (Lipinski definition) is 4. The van der Waals surface area contributed by atoms with E-state index in [-0.39, 0.29) is 5.56 Å². The molecule has 12 heavy (non-hydrogen) atoms. The minimum Gasteiger partial charge on any atom is -0.397 e. The van der Waals surface area contributed by atoms with E-state index in [1.807, 2.05) is 0 Å². The Balaban J connectivity index is 3.15. The smallest absolute Gasteiger partial charge is 0.262 e. The molecule has 0 heterocycles. The third kappa shape index (κ3) is 1.35. The van der Waals surface area contributed by atoms with Gasteiger partial charge in [-0.1, -0.05) is 0 Å².